The van der Waals surface area contributed by atoms with Crippen molar-refractivity contribution >= 4 is 38.5 Å². The van der Waals surface area contributed by atoms with Gasteiger partial charge in [0.1, 0.15) is 0 Å². The number of nitro groups is 1. The molecular formula is C14H9NO5S3. The van der Waals surface area contributed by atoms with Crippen LogP contribution in [0.15, 0.2) is 57.4 Å². The summed E-state index contributed by atoms with van der Waals surface area (Å²) < 4.78 is 29.8. The molecule has 0 N–H and O–H groups in total. The predicted molar refractivity (Wildman–Crippen MR) is 88.5 cm³/mol. The van der Waals surface area contributed by atoms with Crippen LogP contribution in [0.5, 0.6) is 5.75 Å². The third-order valence-corrected chi connectivity index (χ3v) is 6.40. The van der Waals surface area contributed by atoms with E-state index >= 15 is 0 Å². The van der Waals surface area contributed by atoms with E-state index in [0.717, 1.165) is 11.3 Å². The molecule has 0 radical (unpaired) electrons. The van der Waals surface area contributed by atoms with Gasteiger partial charge in [0.25, 0.3) is 5.69 Å². The van der Waals surface area contributed by atoms with Gasteiger partial charge in [-0.15, -0.1) is 22.7 Å². The first-order chi connectivity index (χ1) is 11.0. The summed E-state index contributed by atoms with van der Waals surface area (Å²) in [6.07, 6.45) is 0. The van der Waals surface area contributed by atoms with E-state index in [1.807, 2.05) is 0 Å². The van der Waals surface area contributed by atoms with Crippen LogP contribution in [0.2, 0.25) is 0 Å². The highest BCUT2D eigenvalue weighted by Crippen LogP contribution is 2.37. The molecule has 0 unspecified atom stereocenters. The fourth-order valence-corrected chi connectivity index (χ4v) is 4.54. The number of hydrogen-bond acceptors (Lipinski definition) is 7. The van der Waals surface area contributed by atoms with Crippen molar-refractivity contribution in [2.24, 2.45) is 0 Å². The Kier molecular flexibility index (Phi) is 4.16. The smallest absolute Gasteiger partial charge is 0.348 e. The van der Waals surface area contributed by atoms with Gasteiger partial charge in [-0.2, -0.15) is 8.42 Å². The van der Waals surface area contributed by atoms with Gasteiger partial charge in [0.05, 0.1) is 4.92 Å². The van der Waals surface area contributed by atoms with Gasteiger partial charge in [-0.05, 0) is 29.0 Å². The van der Waals surface area contributed by atoms with Crippen molar-refractivity contribution in [3.63, 3.8) is 0 Å². The molecular weight excluding hydrogens is 358 g/mol. The first kappa shape index (κ1) is 15.7. The molecule has 0 fully saturated rings. The van der Waals surface area contributed by atoms with Crippen molar-refractivity contribution < 1.29 is 17.5 Å². The minimum Gasteiger partial charge on any atom is -0.378 e. The Morgan fingerprint density at radius 3 is 2.39 bits per heavy atom. The quantitative estimate of drug-likeness (QED) is 0.384. The summed E-state index contributed by atoms with van der Waals surface area (Å²) in [4.78, 5) is 11.1. The van der Waals surface area contributed by atoms with Gasteiger partial charge in [-0.3, -0.25) is 10.1 Å². The van der Waals surface area contributed by atoms with Gasteiger partial charge in [0, 0.05) is 22.6 Å². The lowest BCUT2D eigenvalue weighted by Crippen LogP contribution is -2.08. The molecule has 6 nitrogen and oxygen atoms in total. The number of benzene rings is 1. The Hall–Kier alpha value is -2.23. The van der Waals surface area contributed by atoms with E-state index < -0.39 is 15.0 Å². The molecule has 0 atom stereocenters. The molecule has 0 amide bonds. The number of hydrogen-bond donors (Lipinski definition) is 0. The number of nitrogens with zero attached hydrogens (tertiary/aromatic N) is 1. The second-order valence-electron chi connectivity index (χ2n) is 4.38. The molecule has 0 spiro atoms. The van der Waals surface area contributed by atoms with Gasteiger partial charge in [0.15, 0.2) is 9.96 Å². The van der Waals surface area contributed by atoms with Crippen molar-refractivity contribution in [3.8, 4) is 16.2 Å². The van der Waals surface area contributed by atoms with Crippen molar-refractivity contribution in [1.29, 1.82) is 0 Å². The van der Waals surface area contributed by atoms with Crippen LogP contribution in [0.25, 0.3) is 10.4 Å². The Bertz CT molecular complexity index is 931. The second-order valence-corrected chi connectivity index (χ2v) is 8.05. The normalized spacial score (nSPS) is 11.3. The molecule has 2 heterocycles. The van der Waals surface area contributed by atoms with Crippen LogP contribution >= 0.6 is 22.7 Å². The first-order valence-electron chi connectivity index (χ1n) is 6.28. The zero-order valence-electron chi connectivity index (χ0n) is 11.4. The summed E-state index contributed by atoms with van der Waals surface area (Å²) in [5, 5.41) is 14.4. The SMILES string of the molecule is O=[N+]([O-])c1ccc(OS(=O)(=O)c2cccs2)c(-c2cccs2)c1. The fraction of sp³-hybridized carbons (Fsp3) is 0. The monoisotopic (exact) mass is 367 g/mol. The van der Waals surface area contributed by atoms with Crippen LogP contribution in [0, 0.1) is 10.1 Å². The number of thiophene rings is 2. The fourth-order valence-electron chi connectivity index (χ4n) is 1.89. The predicted octanol–water partition coefficient (Wildman–Crippen LogP) is 4.15. The molecule has 3 aromatic rings. The van der Waals surface area contributed by atoms with Crippen LogP contribution in [0.3, 0.4) is 0 Å². The molecule has 2 aromatic heterocycles. The summed E-state index contributed by atoms with van der Waals surface area (Å²) in [5.41, 5.74) is 0.239. The highest BCUT2D eigenvalue weighted by Gasteiger charge is 2.22. The van der Waals surface area contributed by atoms with E-state index in [-0.39, 0.29) is 15.6 Å². The zero-order chi connectivity index (χ0) is 16.4. The van der Waals surface area contributed by atoms with Gasteiger partial charge in [-0.1, -0.05) is 12.1 Å². The van der Waals surface area contributed by atoms with Crippen LogP contribution in [-0.4, -0.2) is 13.3 Å². The highest BCUT2D eigenvalue weighted by molar-refractivity contribution is 7.89. The zero-order valence-corrected chi connectivity index (χ0v) is 13.9. The van der Waals surface area contributed by atoms with E-state index in [0.29, 0.717) is 10.4 Å². The van der Waals surface area contributed by atoms with Gasteiger partial charge >= 0.3 is 10.1 Å². The minimum atomic E-state index is -3.96. The highest BCUT2D eigenvalue weighted by atomic mass is 32.3. The number of nitro benzene ring substituents is 1. The maximum Gasteiger partial charge on any atom is 0.348 e. The Morgan fingerprint density at radius 1 is 1.04 bits per heavy atom. The molecule has 0 saturated carbocycles. The lowest BCUT2D eigenvalue weighted by Gasteiger charge is -2.09. The molecule has 0 saturated heterocycles. The van der Waals surface area contributed by atoms with E-state index in [9.17, 15) is 18.5 Å². The Morgan fingerprint density at radius 2 is 1.78 bits per heavy atom. The summed E-state index contributed by atoms with van der Waals surface area (Å²) in [6, 6.07) is 10.4. The van der Waals surface area contributed by atoms with Gasteiger partial charge in [-0.25, -0.2) is 0 Å². The standard InChI is InChI=1S/C14H9NO5S3/c16-15(17)10-5-6-12(11(9-10)13-3-1-7-21-13)20-23(18,19)14-4-2-8-22-14/h1-9H. The molecule has 0 aliphatic carbocycles. The van der Waals surface area contributed by atoms with Crippen LogP contribution in [-0.2, 0) is 10.1 Å². The average Bonchev–Trinajstić information content (AvgIpc) is 3.21. The van der Waals surface area contributed by atoms with Gasteiger partial charge in [0.2, 0.25) is 0 Å². The number of rotatable bonds is 5. The Balaban J connectivity index is 2.07. The lowest BCUT2D eigenvalue weighted by atomic mass is 10.1. The van der Waals surface area contributed by atoms with Gasteiger partial charge < -0.3 is 4.18 Å². The van der Waals surface area contributed by atoms with E-state index in [4.69, 9.17) is 4.18 Å². The summed E-state index contributed by atoms with van der Waals surface area (Å²) in [5.74, 6) is 0.0615. The van der Waals surface area contributed by atoms with Crippen LogP contribution in [0.1, 0.15) is 0 Å². The maximum absolute atomic E-state index is 12.3. The molecule has 118 valence electrons. The third-order valence-electron chi connectivity index (χ3n) is 2.90. The summed E-state index contributed by atoms with van der Waals surface area (Å²) >= 11 is 2.38. The Labute approximate surface area is 139 Å². The van der Waals surface area contributed by atoms with E-state index in [1.54, 1.807) is 29.0 Å². The van der Waals surface area contributed by atoms with E-state index in [1.165, 1.54) is 35.6 Å². The van der Waals surface area contributed by atoms with Crippen molar-refractivity contribution in [2.75, 3.05) is 0 Å². The topological polar surface area (TPSA) is 86.5 Å². The third kappa shape index (κ3) is 3.26. The molecule has 9 heteroatoms. The largest absolute Gasteiger partial charge is 0.378 e. The number of non-ortho nitro benzene ring substituents is 1. The molecule has 1 aromatic carbocycles. The minimum absolute atomic E-state index is 0.0615. The van der Waals surface area contributed by atoms with Crippen molar-refractivity contribution in [1.82, 2.24) is 0 Å². The average molecular weight is 367 g/mol. The summed E-state index contributed by atoms with van der Waals surface area (Å²) in [7, 11) is -3.96. The van der Waals surface area contributed by atoms with Crippen molar-refractivity contribution in [2.45, 2.75) is 4.21 Å². The summed E-state index contributed by atoms with van der Waals surface area (Å²) in [6.45, 7) is 0. The van der Waals surface area contributed by atoms with Crippen LogP contribution in [0.4, 0.5) is 5.69 Å². The first-order valence-corrected chi connectivity index (χ1v) is 9.44. The van der Waals surface area contributed by atoms with Crippen molar-refractivity contribution in [3.05, 3.63) is 63.3 Å². The second kappa shape index (κ2) is 6.11. The molecule has 3 rings (SSSR count). The molecule has 0 aliphatic heterocycles. The van der Waals surface area contributed by atoms with Crippen LogP contribution < -0.4 is 4.18 Å². The molecule has 0 aliphatic rings. The molecule has 23 heavy (non-hydrogen) atoms. The molecule has 0 bridgehead atoms. The van der Waals surface area contributed by atoms with E-state index in [2.05, 4.69) is 0 Å². The lowest BCUT2D eigenvalue weighted by molar-refractivity contribution is -0.384. The maximum atomic E-state index is 12.3.